The van der Waals surface area contributed by atoms with Crippen LogP contribution in [0.1, 0.15) is 45.2 Å². The van der Waals surface area contributed by atoms with Crippen LogP contribution in [-0.2, 0) is 0 Å². The van der Waals surface area contributed by atoms with Crippen molar-refractivity contribution >= 4 is 0 Å². The lowest BCUT2D eigenvalue weighted by atomic mass is 9.81. The average Bonchev–Trinajstić information content (AvgIpc) is 2.89. The standard InChI is InChI=1S/C32H25FO3/c33-27-3-1-2-26(20-27)32(25-12-18-30(36)19-13-25)22-6-4-21(5-7-22)31(23-8-14-28(34)15-9-23)24-10-16-29(35)17-11-24/h1-20,31-32,34-36H. The molecule has 0 aliphatic rings. The molecule has 5 aromatic carbocycles. The summed E-state index contributed by atoms with van der Waals surface area (Å²) in [6, 6.07) is 36.1. The third kappa shape index (κ3) is 4.93. The smallest absolute Gasteiger partial charge is 0.123 e. The van der Waals surface area contributed by atoms with Gasteiger partial charge in [0.2, 0.25) is 0 Å². The van der Waals surface area contributed by atoms with E-state index in [1.54, 1.807) is 48.5 Å². The van der Waals surface area contributed by atoms with Gasteiger partial charge in [-0.25, -0.2) is 4.39 Å². The number of phenolic OH excluding ortho intramolecular Hbond substituents is 3. The molecule has 0 bridgehead atoms. The third-order valence-corrected chi connectivity index (χ3v) is 6.46. The van der Waals surface area contributed by atoms with Gasteiger partial charge in [-0.15, -0.1) is 0 Å². The molecule has 0 radical (unpaired) electrons. The van der Waals surface area contributed by atoms with Gasteiger partial charge >= 0.3 is 0 Å². The van der Waals surface area contributed by atoms with Gasteiger partial charge in [-0.05, 0) is 81.9 Å². The van der Waals surface area contributed by atoms with Crippen LogP contribution >= 0.6 is 0 Å². The van der Waals surface area contributed by atoms with Gasteiger partial charge in [0.25, 0.3) is 0 Å². The molecule has 0 fully saturated rings. The summed E-state index contributed by atoms with van der Waals surface area (Å²) in [5, 5.41) is 29.4. The molecule has 0 spiro atoms. The number of hydrogen-bond acceptors (Lipinski definition) is 3. The van der Waals surface area contributed by atoms with Crippen molar-refractivity contribution < 1.29 is 19.7 Å². The Morgan fingerprint density at radius 3 is 1.03 bits per heavy atom. The lowest BCUT2D eigenvalue weighted by Crippen LogP contribution is -2.06. The molecule has 0 aromatic heterocycles. The number of phenols is 3. The molecule has 0 saturated carbocycles. The molecule has 3 nitrogen and oxygen atoms in total. The Morgan fingerprint density at radius 2 is 0.694 bits per heavy atom. The first kappa shape index (κ1) is 23.2. The maximum Gasteiger partial charge on any atom is 0.123 e. The molecule has 4 heteroatoms. The minimum absolute atomic E-state index is 0.110. The SMILES string of the molecule is Oc1ccc(C(c2ccc(O)cc2)c2ccc(C(c3ccc(O)cc3)c3cccc(F)c3)cc2)cc1. The van der Waals surface area contributed by atoms with Gasteiger partial charge in [0.1, 0.15) is 23.1 Å². The number of hydrogen-bond donors (Lipinski definition) is 3. The van der Waals surface area contributed by atoms with Crippen molar-refractivity contribution in [3.8, 4) is 17.2 Å². The second-order valence-corrected chi connectivity index (χ2v) is 8.86. The van der Waals surface area contributed by atoms with E-state index >= 15 is 0 Å². The van der Waals surface area contributed by atoms with Gasteiger partial charge < -0.3 is 15.3 Å². The zero-order valence-corrected chi connectivity index (χ0v) is 19.4. The van der Waals surface area contributed by atoms with E-state index < -0.39 is 0 Å². The third-order valence-electron chi connectivity index (χ3n) is 6.46. The molecule has 0 amide bonds. The highest BCUT2D eigenvalue weighted by atomic mass is 19.1. The van der Waals surface area contributed by atoms with Crippen molar-refractivity contribution in [1.29, 1.82) is 0 Å². The van der Waals surface area contributed by atoms with Gasteiger partial charge in [0, 0.05) is 11.8 Å². The maximum atomic E-state index is 14.1. The Hall–Kier alpha value is -4.57. The Labute approximate surface area is 209 Å². The van der Waals surface area contributed by atoms with E-state index in [0.717, 1.165) is 33.4 Å². The van der Waals surface area contributed by atoms with Gasteiger partial charge in [-0.1, -0.05) is 72.8 Å². The molecule has 1 atom stereocenters. The number of rotatable bonds is 6. The molecular formula is C32H25FO3. The number of benzene rings is 5. The average molecular weight is 477 g/mol. The van der Waals surface area contributed by atoms with Crippen LogP contribution in [0.3, 0.4) is 0 Å². The summed E-state index contributed by atoms with van der Waals surface area (Å²) in [5.74, 6) is -0.0428. The predicted octanol–water partition coefficient (Wildman–Crippen LogP) is 7.30. The Kier molecular flexibility index (Phi) is 6.42. The van der Waals surface area contributed by atoms with Crippen molar-refractivity contribution in [2.24, 2.45) is 0 Å². The quantitative estimate of drug-likeness (QED) is 0.225. The molecule has 5 rings (SSSR count). The monoisotopic (exact) mass is 476 g/mol. The lowest BCUT2D eigenvalue weighted by molar-refractivity contribution is 0.474. The predicted molar refractivity (Wildman–Crippen MR) is 139 cm³/mol. The highest BCUT2D eigenvalue weighted by molar-refractivity contribution is 5.49. The van der Waals surface area contributed by atoms with E-state index in [2.05, 4.69) is 12.1 Å². The van der Waals surface area contributed by atoms with E-state index in [1.165, 1.54) is 6.07 Å². The summed E-state index contributed by atoms with van der Waals surface area (Å²) in [7, 11) is 0. The molecule has 3 N–H and O–H groups in total. The van der Waals surface area contributed by atoms with Gasteiger partial charge in [-0.2, -0.15) is 0 Å². The van der Waals surface area contributed by atoms with Gasteiger partial charge in [-0.3, -0.25) is 0 Å². The largest absolute Gasteiger partial charge is 0.508 e. The molecule has 0 aliphatic heterocycles. The van der Waals surface area contributed by atoms with Crippen LogP contribution in [0.5, 0.6) is 17.2 Å². The van der Waals surface area contributed by atoms with Crippen LogP contribution in [0.4, 0.5) is 4.39 Å². The first-order valence-corrected chi connectivity index (χ1v) is 11.7. The van der Waals surface area contributed by atoms with Crippen LogP contribution in [0.25, 0.3) is 0 Å². The summed E-state index contributed by atoms with van der Waals surface area (Å²) in [4.78, 5) is 0. The highest BCUT2D eigenvalue weighted by Crippen LogP contribution is 2.37. The van der Waals surface area contributed by atoms with E-state index in [1.807, 2.05) is 54.6 Å². The molecule has 0 saturated heterocycles. The fraction of sp³-hybridized carbons (Fsp3) is 0.0625. The molecule has 0 heterocycles. The molecular weight excluding hydrogens is 451 g/mol. The summed E-state index contributed by atoms with van der Waals surface area (Å²) in [6.45, 7) is 0. The van der Waals surface area contributed by atoms with E-state index in [0.29, 0.717) is 0 Å². The van der Waals surface area contributed by atoms with Crippen molar-refractivity contribution in [2.75, 3.05) is 0 Å². The van der Waals surface area contributed by atoms with Crippen molar-refractivity contribution in [3.63, 3.8) is 0 Å². The van der Waals surface area contributed by atoms with E-state index in [9.17, 15) is 19.7 Å². The number of aromatic hydroxyl groups is 3. The van der Waals surface area contributed by atoms with E-state index in [4.69, 9.17) is 0 Å². The highest BCUT2D eigenvalue weighted by Gasteiger charge is 2.21. The fourth-order valence-electron chi connectivity index (χ4n) is 4.72. The lowest BCUT2D eigenvalue weighted by Gasteiger charge is -2.22. The summed E-state index contributed by atoms with van der Waals surface area (Å²) >= 11 is 0. The molecule has 1 unspecified atom stereocenters. The summed E-state index contributed by atoms with van der Waals surface area (Å²) in [6.07, 6.45) is 0. The molecule has 178 valence electrons. The summed E-state index contributed by atoms with van der Waals surface area (Å²) in [5.41, 5.74) is 5.81. The van der Waals surface area contributed by atoms with Crippen molar-refractivity contribution in [3.05, 3.63) is 161 Å². The second kappa shape index (κ2) is 9.96. The molecule has 5 aromatic rings. The minimum atomic E-state index is -0.298. The minimum Gasteiger partial charge on any atom is -0.508 e. The maximum absolute atomic E-state index is 14.1. The Bertz CT molecular complexity index is 1400. The zero-order valence-electron chi connectivity index (χ0n) is 19.4. The zero-order chi connectivity index (χ0) is 25.1. The van der Waals surface area contributed by atoms with Gasteiger partial charge in [0.05, 0.1) is 0 Å². The molecule has 0 aliphatic carbocycles. The normalized spacial score (nSPS) is 11.9. The fourth-order valence-corrected chi connectivity index (χ4v) is 4.72. The topological polar surface area (TPSA) is 60.7 Å². The second-order valence-electron chi connectivity index (χ2n) is 8.86. The number of halogens is 1. The van der Waals surface area contributed by atoms with Crippen molar-refractivity contribution in [2.45, 2.75) is 11.8 Å². The Morgan fingerprint density at radius 1 is 0.389 bits per heavy atom. The first-order chi connectivity index (χ1) is 17.5. The van der Waals surface area contributed by atoms with Crippen molar-refractivity contribution in [1.82, 2.24) is 0 Å². The van der Waals surface area contributed by atoms with Crippen LogP contribution in [0.15, 0.2) is 121 Å². The summed E-state index contributed by atoms with van der Waals surface area (Å²) < 4.78 is 14.1. The van der Waals surface area contributed by atoms with E-state index in [-0.39, 0.29) is 34.9 Å². The molecule has 36 heavy (non-hydrogen) atoms. The first-order valence-electron chi connectivity index (χ1n) is 11.7. The van der Waals surface area contributed by atoms with Gasteiger partial charge in [0.15, 0.2) is 0 Å². The Balaban J connectivity index is 1.58. The van der Waals surface area contributed by atoms with Crippen LogP contribution < -0.4 is 0 Å². The van der Waals surface area contributed by atoms with Crippen LogP contribution in [0, 0.1) is 5.82 Å². The van der Waals surface area contributed by atoms with Crippen LogP contribution in [0.2, 0.25) is 0 Å². The van der Waals surface area contributed by atoms with Crippen LogP contribution in [-0.4, -0.2) is 15.3 Å².